The lowest BCUT2D eigenvalue weighted by molar-refractivity contribution is 0.298. The number of rotatable bonds is 4. The van der Waals surface area contributed by atoms with Gasteiger partial charge in [0, 0.05) is 6.04 Å². The molecule has 0 fully saturated rings. The highest BCUT2D eigenvalue weighted by molar-refractivity contribution is 4.70. The Morgan fingerprint density at radius 2 is 1.50 bits per heavy atom. The van der Waals surface area contributed by atoms with E-state index in [1.54, 1.807) is 0 Å². The maximum Gasteiger partial charge on any atom is 0.00387 e. The molecule has 0 rings (SSSR count). The first-order valence-corrected chi connectivity index (χ1v) is 4.39. The highest BCUT2D eigenvalue weighted by Crippen LogP contribution is 2.20. The first kappa shape index (κ1) is 9.96. The van der Waals surface area contributed by atoms with Gasteiger partial charge in [-0.1, -0.05) is 33.6 Å². The largest absolute Gasteiger partial charge is 0.328 e. The van der Waals surface area contributed by atoms with Crippen LogP contribution in [0.1, 0.15) is 40.5 Å². The van der Waals surface area contributed by atoms with E-state index in [2.05, 4.69) is 27.7 Å². The van der Waals surface area contributed by atoms with E-state index in [9.17, 15) is 0 Å². The van der Waals surface area contributed by atoms with Crippen molar-refractivity contribution in [3.05, 3.63) is 0 Å². The Kier molecular flexibility index (Phi) is 4.71. The van der Waals surface area contributed by atoms with E-state index >= 15 is 0 Å². The van der Waals surface area contributed by atoms with Crippen molar-refractivity contribution in [2.75, 3.05) is 0 Å². The van der Waals surface area contributed by atoms with Gasteiger partial charge in [0.15, 0.2) is 0 Å². The quantitative estimate of drug-likeness (QED) is 0.642. The standard InChI is InChI=1S/C9H21N/c1-5-9(6-2)7(3)8(4)10/h7-9H,5-6,10H2,1-4H3/t7-,8-/m0/s1. The van der Waals surface area contributed by atoms with E-state index in [1.165, 1.54) is 12.8 Å². The molecule has 10 heavy (non-hydrogen) atoms. The monoisotopic (exact) mass is 143 g/mol. The summed E-state index contributed by atoms with van der Waals surface area (Å²) in [6.45, 7) is 8.84. The van der Waals surface area contributed by atoms with Gasteiger partial charge >= 0.3 is 0 Å². The Labute approximate surface area is 65.0 Å². The molecule has 0 saturated carbocycles. The predicted octanol–water partition coefficient (Wildman–Crippen LogP) is 2.41. The Bertz CT molecular complexity index is 74.8. The molecule has 1 nitrogen and oxygen atoms in total. The molecule has 0 aromatic rings. The molecule has 0 radical (unpaired) electrons. The van der Waals surface area contributed by atoms with Gasteiger partial charge in [0.25, 0.3) is 0 Å². The van der Waals surface area contributed by atoms with E-state index in [-0.39, 0.29) is 0 Å². The second-order valence-electron chi connectivity index (χ2n) is 3.29. The second kappa shape index (κ2) is 4.73. The molecule has 0 aliphatic rings. The summed E-state index contributed by atoms with van der Waals surface area (Å²) < 4.78 is 0. The zero-order valence-corrected chi connectivity index (χ0v) is 7.72. The van der Waals surface area contributed by atoms with Crippen molar-refractivity contribution in [2.45, 2.75) is 46.6 Å². The minimum absolute atomic E-state index is 0.352. The van der Waals surface area contributed by atoms with Crippen LogP contribution in [0.4, 0.5) is 0 Å². The summed E-state index contributed by atoms with van der Waals surface area (Å²) in [5.74, 6) is 1.50. The second-order valence-corrected chi connectivity index (χ2v) is 3.29. The van der Waals surface area contributed by atoms with Gasteiger partial charge in [-0.15, -0.1) is 0 Å². The zero-order chi connectivity index (χ0) is 8.15. The molecule has 1 heteroatoms. The van der Waals surface area contributed by atoms with Gasteiger partial charge in [0.1, 0.15) is 0 Å². The van der Waals surface area contributed by atoms with Gasteiger partial charge in [0.2, 0.25) is 0 Å². The lowest BCUT2D eigenvalue weighted by Gasteiger charge is -2.24. The average molecular weight is 143 g/mol. The molecule has 2 N–H and O–H groups in total. The van der Waals surface area contributed by atoms with Crippen LogP contribution < -0.4 is 5.73 Å². The Hall–Kier alpha value is -0.0400. The van der Waals surface area contributed by atoms with Crippen LogP contribution in [0.5, 0.6) is 0 Å². The summed E-state index contributed by atoms with van der Waals surface area (Å²) in [7, 11) is 0. The highest BCUT2D eigenvalue weighted by atomic mass is 14.6. The first-order valence-electron chi connectivity index (χ1n) is 4.39. The van der Waals surface area contributed by atoms with Crippen LogP contribution in [0.25, 0.3) is 0 Å². The van der Waals surface area contributed by atoms with Crippen LogP contribution >= 0.6 is 0 Å². The third-order valence-corrected chi connectivity index (χ3v) is 2.62. The first-order chi connectivity index (χ1) is 4.63. The van der Waals surface area contributed by atoms with Gasteiger partial charge in [-0.25, -0.2) is 0 Å². The fourth-order valence-electron chi connectivity index (χ4n) is 1.46. The molecule has 0 aliphatic carbocycles. The molecule has 0 aliphatic heterocycles. The molecule has 0 heterocycles. The smallest absolute Gasteiger partial charge is 0.00387 e. The maximum absolute atomic E-state index is 5.79. The number of hydrogen-bond donors (Lipinski definition) is 1. The molecule has 0 amide bonds. The van der Waals surface area contributed by atoms with E-state index in [0.717, 1.165) is 5.92 Å². The molecule has 0 unspecified atom stereocenters. The van der Waals surface area contributed by atoms with Crippen molar-refractivity contribution in [3.63, 3.8) is 0 Å². The van der Waals surface area contributed by atoms with Crippen molar-refractivity contribution < 1.29 is 0 Å². The number of hydrogen-bond acceptors (Lipinski definition) is 1. The molecule has 0 saturated heterocycles. The van der Waals surface area contributed by atoms with Crippen molar-refractivity contribution >= 4 is 0 Å². The van der Waals surface area contributed by atoms with Gasteiger partial charge in [-0.2, -0.15) is 0 Å². The Morgan fingerprint density at radius 3 is 1.60 bits per heavy atom. The van der Waals surface area contributed by atoms with E-state index in [4.69, 9.17) is 5.73 Å². The fraction of sp³-hybridized carbons (Fsp3) is 1.00. The third kappa shape index (κ3) is 2.70. The summed E-state index contributed by atoms with van der Waals surface area (Å²) in [6, 6.07) is 0.352. The van der Waals surface area contributed by atoms with Crippen LogP contribution in [-0.4, -0.2) is 6.04 Å². The molecule has 0 bridgehead atoms. The molecular weight excluding hydrogens is 122 g/mol. The van der Waals surface area contributed by atoms with E-state index in [1.807, 2.05) is 0 Å². The normalized spacial score (nSPS) is 17.4. The highest BCUT2D eigenvalue weighted by Gasteiger charge is 2.16. The van der Waals surface area contributed by atoms with Gasteiger partial charge in [-0.3, -0.25) is 0 Å². The van der Waals surface area contributed by atoms with Gasteiger partial charge < -0.3 is 5.73 Å². The van der Waals surface area contributed by atoms with Crippen LogP contribution in [0.3, 0.4) is 0 Å². The van der Waals surface area contributed by atoms with Gasteiger partial charge in [-0.05, 0) is 18.8 Å². The van der Waals surface area contributed by atoms with Gasteiger partial charge in [0.05, 0.1) is 0 Å². The molecular formula is C9H21N. The summed E-state index contributed by atoms with van der Waals surface area (Å²) >= 11 is 0. The van der Waals surface area contributed by atoms with E-state index in [0.29, 0.717) is 12.0 Å². The molecule has 2 atom stereocenters. The summed E-state index contributed by atoms with van der Waals surface area (Å²) in [6.07, 6.45) is 2.53. The maximum atomic E-state index is 5.79. The molecule has 62 valence electrons. The lowest BCUT2D eigenvalue weighted by Crippen LogP contribution is -2.29. The van der Waals surface area contributed by atoms with Crippen LogP contribution in [0.15, 0.2) is 0 Å². The Balaban J connectivity index is 3.76. The molecule has 0 aromatic carbocycles. The van der Waals surface area contributed by atoms with Crippen LogP contribution in [-0.2, 0) is 0 Å². The minimum Gasteiger partial charge on any atom is -0.328 e. The van der Waals surface area contributed by atoms with E-state index < -0.39 is 0 Å². The summed E-state index contributed by atoms with van der Waals surface area (Å²) in [5.41, 5.74) is 5.79. The molecule has 0 aromatic heterocycles. The average Bonchev–Trinajstić information content (AvgIpc) is 1.90. The number of nitrogens with two attached hydrogens (primary N) is 1. The summed E-state index contributed by atoms with van der Waals surface area (Å²) in [5, 5.41) is 0. The van der Waals surface area contributed by atoms with Crippen molar-refractivity contribution in [1.29, 1.82) is 0 Å². The van der Waals surface area contributed by atoms with Crippen LogP contribution in [0, 0.1) is 11.8 Å². The van der Waals surface area contributed by atoms with Crippen molar-refractivity contribution in [2.24, 2.45) is 17.6 Å². The SMILES string of the molecule is CCC(CC)[C@@H](C)[C@H](C)N. The zero-order valence-electron chi connectivity index (χ0n) is 7.72. The minimum atomic E-state index is 0.352. The van der Waals surface area contributed by atoms with Crippen LogP contribution in [0.2, 0.25) is 0 Å². The summed E-state index contributed by atoms with van der Waals surface area (Å²) in [4.78, 5) is 0. The third-order valence-electron chi connectivity index (χ3n) is 2.62. The lowest BCUT2D eigenvalue weighted by atomic mass is 9.85. The van der Waals surface area contributed by atoms with Crippen molar-refractivity contribution in [1.82, 2.24) is 0 Å². The topological polar surface area (TPSA) is 26.0 Å². The predicted molar refractivity (Wildman–Crippen MR) is 46.9 cm³/mol. The Morgan fingerprint density at radius 1 is 1.10 bits per heavy atom. The fourth-order valence-corrected chi connectivity index (χ4v) is 1.46. The van der Waals surface area contributed by atoms with Crippen molar-refractivity contribution in [3.8, 4) is 0 Å². The molecule has 0 spiro atoms.